The molecule has 1 aliphatic carbocycles. The van der Waals surface area contributed by atoms with Crippen LogP contribution in [0.15, 0.2) is 16.6 Å². The zero-order valence-corrected chi connectivity index (χ0v) is 12.0. The lowest BCUT2D eigenvalue weighted by molar-refractivity contribution is 0.538. The van der Waals surface area contributed by atoms with E-state index in [4.69, 9.17) is 5.26 Å². The molecule has 0 amide bonds. The first-order chi connectivity index (χ1) is 8.63. The number of nitriles is 1. The van der Waals surface area contributed by atoms with Gasteiger partial charge in [-0.15, -0.1) is 0 Å². The third-order valence-corrected chi connectivity index (χ3v) is 4.38. The first kappa shape index (κ1) is 13.4. The molecule has 2 rings (SSSR count). The van der Waals surface area contributed by atoms with Gasteiger partial charge in [0.2, 0.25) is 0 Å². The fourth-order valence-corrected chi connectivity index (χ4v) is 3.02. The van der Waals surface area contributed by atoms with E-state index in [1.807, 2.05) is 18.0 Å². The number of benzene rings is 1. The fraction of sp³-hybridized carbons (Fsp3) is 0.500. The summed E-state index contributed by atoms with van der Waals surface area (Å²) in [4.78, 5) is 1.96. The van der Waals surface area contributed by atoms with Gasteiger partial charge in [0.1, 0.15) is 6.07 Å². The van der Waals surface area contributed by atoms with Crippen molar-refractivity contribution in [3.8, 4) is 6.07 Å². The molecule has 18 heavy (non-hydrogen) atoms. The van der Waals surface area contributed by atoms with E-state index in [-0.39, 0.29) is 10.3 Å². The molecule has 0 saturated heterocycles. The van der Waals surface area contributed by atoms with Crippen LogP contribution in [-0.2, 0) is 0 Å². The normalized spacial score (nSPS) is 15.7. The van der Waals surface area contributed by atoms with Crippen LogP contribution in [0.5, 0.6) is 0 Å². The molecule has 2 nitrogen and oxygen atoms in total. The zero-order valence-electron chi connectivity index (χ0n) is 10.4. The fourth-order valence-electron chi connectivity index (χ4n) is 2.60. The zero-order chi connectivity index (χ0) is 13.1. The van der Waals surface area contributed by atoms with E-state index in [0.29, 0.717) is 17.2 Å². The summed E-state index contributed by atoms with van der Waals surface area (Å²) >= 11 is 3.15. The Kier molecular flexibility index (Phi) is 4.23. The van der Waals surface area contributed by atoms with Gasteiger partial charge < -0.3 is 4.90 Å². The Bertz CT molecular complexity index is 475. The molecule has 1 aliphatic rings. The Morgan fingerprint density at radius 3 is 2.72 bits per heavy atom. The van der Waals surface area contributed by atoms with E-state index >= 15 is 0 Å². The highest BCUT2D eigenvalue weighted by atomic mass is 79.9. The summed E-state index contributed by atoms with van der Waals surface area (Å²) in [6.07, 6.45) is 5.06. The molecule has 4 heteroatoms. The summed E-state index contributed by atoms with van der Waals surface area (Å²) in [6, 6.07) is 5.32. The van der Waals surface area contributed by atoms with Crippen LogP contribution in [0.1, 0.15) is 31.2 Å². The van der Waals surface area contributed by atoms with E-state index in [0.717, 1.165) is 6.54 Å². The smallest absolute Gasteiger partial charge is 0.161 e. The number of nitrogens with zero attached hydrogens (tertiary/aromatic N) is 2. The van der Waals surface area contributed by atoms with Crippen LogP contribution >= 0.6 is 15.9 Å². The molecule has 0 atom stereocenters. The summed E-state index contributed by atoms with van der Waals surface area (Å²) in [5, 5.41) is 8.84. The maximum Gasteiger partial charge on any atom is 0.161 e. The molecule has 0 radical (unpaired) electrons. The summed E-state index contributed by atoms with van der Waals surface area (Å²) in [6.45, 7) is 0.884. The first-order valence-electron chi connectivity index (χ1n) is 6.22. The van der Waals surface area contributed by atoms with Gasteiger partial charge in [-0.25, -0.2) is 4.39 Å². The quantitative estimate of drug-likeness (QED) is 0.841. The minimum absolute atomic E-state index is 0.265. The van der Waals surface area contributed by atoms with Crippen molar-refractivity contribution in [2.45, 2.75) is 25.7 Å². The average molecular weight is 311 g/mol. The summed E-state index contributed by atoms with van der Waals surface area (Å²) < 4.78 is 14.4. The Morgan fingerprint density at radius 2 is 2.11 bits per heavy atom. The molecular weight excluding hydrogens is 295 g/mol. The maximum absolute atomic E-state index is 14.1. The van der Waals surface area contributed by atoms with E-state index in [1.165, 1.54) is 25.7 Å². The highest BCUT2D eigenvalue weighted by Gasteiger charge is 2.20. The van der Waals surface area contributed by atoms with Gasteiger partial charge in [-0.1, -0.05) is 12.8 Å². The third-order valence-electron chi connectivity index (χ3n) is 3.60. The lowest BCUT2D eigenvalue weighted by Gasteiger charge is -2.24. The number of hydrogen-bond donors (Lipinski definition) is 0. The Balaban J connectivity index is 2.17. The average Bonchev–Trinajstić information content (AvgIpc) is 2.85. The van der Waals surface area contributed by atoms with Crippen LogP contribution in [0.2, 0.25) is 0 Å². The van der Waals surface area contributed by atoms with E-state index in [2.05, 4.69) is 15.9 Å². The van der Waals surface area contributed by atoms with Gasteiger partial charge in [0, 0.05) is 13.6 Å². The van der Waals surface area contributed by atoms with Crippen molar-refractivity contribution in [1.82, 2.24) is 0 Å². The van der Waals surface area contributed by atoms with Crippen LogP contribution in [0, 0.1) is 23.1 Å². The predicted molar refractivity (Wildman–Crippen MR) is 74.0 cm³/mol. The minimum atomic E-state index is -0.338. The van der Waals surface area contributed by atoms with Gasteiger partial charge in [-0.05, 0) is 46.8 Å². The monoisotopic (exact) mass is 310 g/mol. The summed E-state index contributed by atoms with van der Waals surface area (Å²) in [5.74, 6) is 0.332. The largest absolute Gasteiger partial charge is 0.372 e. The molecule has 0 aromatic heterocycles. The maximum atomic E-state index is 14.1. The molecule has 0 heterocycles. The van der Waals surface area contributed by atoms with E-state index < -0.39 is 0 Å². The molecule has 0 unspecified atom stereocenters. The van der Waals surface area contributed by atoms with Crippen molar-refractivity contribution >= 4 is 21.6 Å². The lowest BCUT2D eigenvalue weighted by Crippen LogP contribution is -2.25. The number of rotatable bonds is 3. The second kappa shape index (κ2) is 5.71. The Labute approximate surface area is 116 Å². The molecular formula is C14H16BrFN2. The van der Waals surface area contributed by atoms with Gasteiger partial charge in [0.25, 0.3) is 0 Å². The van der Waals surface area contributed by atoms with Crippen molar-refractivity contribution in [3.63, 3.8) is 0 Å². The molecule has 0 bridgehead atoms. The molecule has 1 saturated carbocycles. The van der Waals surface area contributed by atoms with Crippen molar-refractivity contribution < 1.29 is 4.39 Å². The molecule has 1 aromatic rings. The second-order valence-electron chi connectivity index (χ2n) is 4.90. The van der Waals surface area contributed by atoms with Crippen molar-refractivity contribution in [2.24, 2.45) is 5.92 Å². The number of halogens is 2. The van der Waals surface area contributed by atoms with Crippen LogP contribution in [-0.4, -0.2) is 13.6 Å². The van der Waals surface area contributed by atoms with Crippen LogP contribution in [0.25, 0.3) is 0 Å². The topological polar surface area (TPSA) is 27.0 Å². The van der Waals surface area contributed by atoms with Gasteiger partial charge in [0.05, 0.1) is 15.7 Å². The molecule has 0 N–H and O–H groups in total. The molecule has 1 fully saturated rings. The van der Waals surface area contributed by atoms with Gasteiger partial charge in [-0.3, -0.25) is 0 Å². The van der Waals surface area contributed by atoms with Gasteiger partial charge in [0.15, 0.2) is 5.82 Å². The van der Waals surface area contributed by atoms with Crippen molar-refractivity contribution in [1.29, 1.82) is 5.26 Å². The number of anilines is 1. The van der Waals surface area contributed by atoms with Gasteiger partial charge >= 0.3 is 0 Å². The second-order valence-corrected chi connectivity index (χ2v) is 5.70. The molecule has 0 aliphatic heterocycles. The predicted octanol–water partition coefficient (Wildman–Crippen LogP) is 4.09. The molecule has 96 valence electrons. The Hall–Kier alpha value is -1.08. The lowest BCUT2D eigenvalue weighted by atomic mass is 10.1. The van der Waals surface area contributed by atoms with Crippen molar-refractivity contribution in [3.05, 3.63) is 28.0 Å². The standard InChI is InChI=1S/C14H16BrFN2/c1-18(9-10-4-2-3-5-10)12-7-6-11(8-17)13(15)14(12)16/h6-7,10H,2-5,9H2,1H3. The summed E-state index contributed by atoms with van der Waals surface area (Å²) in [5.41, 5.74) is 0.901. The first-order valence-corrected chi connectivity index (χ1v) is 7.02. The van der Waals surface area contributed by atoms with Gasteiger partial charge in [-0.2, -0.15) is 5.26 Å². The van der Waals surface area contributed by atoms with Crippen LogP contribution in [0.3, 0.4) is 0 Å². The van der Waals surface area contributed by atoms with Crippen molar-refractivity contribution in [2.75, 3.05) is 18.5 Å². The highest BCUT2D eigenvalue weighted by Crippen LogP contribution is 2.31. The summed E-state index contributed by atoms with van der Waals surface area (Å²) in [7, 11) is 1.91. The molecule has 0 spiro atoms. The van der Waals surface area contributed by atoms with E-state index in [1.54, 1.807) is 12.1 Å². The third kappa shape index (κ3) is 2.67. The Morgan fingerprint density at radius 1 is 1.44 bits per heavy atom. The SMILES string of the molecule is CN(CC1CCCC1)c1ccc(C#N)c(Br)c1F. The van der Waals surface area contributed by atoms with Crippen LogP contribution < -0.4 is 4.90 Å². The van der Waals surface area contributed by atoms with Crippen LogP contribution in [0.4, 0.5) is 10.1 Å². The molecule has 1 aromatic carbocycles. The number of hydrogen-bond acceptors (Lipinski definition) is 2. The highest BCUT2D eigenvalue weighted by molar-refractivity contribution is 9.10. The van der Waals surface area contributed by atoms with E-state index in [9.17, 15) is 4.39 Å². The minimum Gasteiger partial charge on any atom is -0.372 e.